The molecule has 0 bridgehead atoms. The lowest BCUT2D eigenvalue weighted by Gasteiger charge is -2.32. The van der Waals surface area contributed by atoms with Gasteiger partial charge in [0.2, 0.25) is 0 Å². The van der Waals surface area contributed by atoms with Gasteiger partial charge in [-0.1, -0.05) is 48.9 Å². The van der Waals surface area contributed by atoms with Gasteiger partial charge in [-0.25, -0.2) is 0 Å². The zero-order chi connectivity index (χ0) is 20.1. The fourth-order valence-electron chi connectivity index (χ4n) is 4.27. The van der Waals surface area contributed by atoms with Crippen LogP contribution in [0.25, 0.3) is 6.08 Å². The predicted molar refractivity (Wildman–Crippen MR) is 115 cm³/mol. The molecular formula is C24H36N2O2. The maximum absolute atomic E-state index is 11.2. The van der Waals surface area contributed by atoms with E-state index in [-0.39, 0.29) is 0 Å². The molecule has 2 aliphatic rings. The van der Waals surface area contributed by atoms with Crippen molar-refractivity contribution in [3.63, 3.8) is 0 Å². The van der Waals surface area contributed by atoms with E-state index in [1.54, 1.807) is 19.4 Å². The van der Waals surface area contributed by atoms with Gasteiger partial charge in [-0.2, -0.15) is 0 Å². The number of aliphatic carboxylic acids is 1. The minimum Gasteiger partial charge on any atom is -0.481 e. The van der Waals surface area contributed by atoms with Crippen molar-refractivity contribution in [3.05, 3.63) is 41.5 Å². The normalized spacial score (nSPS) is 28.2. The molecule has 1 aromatic carbocycles. The third kappa shape index (κ3) is 5.68. The minimum absolute atomic E-state index is 0.454. The van der Waals surface area contributed by atoms with Gasteiger partial charge in [-0.3, -0.25) is 4.79 Å². The Hall–Kier alpha value is -1.65. The van der Waals surface area contributed by atoms with Crippen LogP contribution in [0.2, 0.25) is 0 Å². The van der Waals surface area contributed by atoms with E-state index < -0.39 is 11.4 Å². The Morgan fingerprint density at radius 1 is 1.14 bits per heavy atom. The molecule has 4 heteroatoms. The number of benzene rings is 1. The molecule has 3 rings (SSSR count). The van der Waals surface area contributed by atoms with Gasteiger partial charge in [0.25, 0.3) is 0 Å². The molecule has 1 aromatic rings. The van der Waals surface area contributed by atoms with Crippen molar-refractivity contribution in [3.8, 4) is 0 Å². The zero-order valence-corrected chi connectivity index (χ0v) is 17.6. The zero-order valence-electron chi connectivity index (χ0n) is 17.6. The van der Waals surface area contributed by atoms with E-state index >= 15 is 0 Å². The summed E-state index contributed by atoms with van der Waals surface area (Å²) >= 11 is 0. The smallest absolute Gasteiger partial charge is 0.310 e. The van der Waals surface area contributed by atoms with Crippen LogP contribution >= 0.6 is 0 Å². The van der Waals surface area contributed by atoms with Crippen molar-refractivity contribution in [2.24, 2.45) is 11.3 Å². The highest BCUT2D eigenvalue weighted by atomic mass is 16.4. The van der Waals surface area contributed by atoms with E-state index in [2.05, 4.69) is 54.0 Å². The van der Waals surface area contributed by atoms with Gasteiger partial charge in [-0.05, 0) is 63.9 Å². The summed E-state index contributed by atoms with van der Waals surface area (Å²) in [6.07, 6.45) is 9.37. The number of hydrogen-bond donors (Lipinski definition) is 3. The Kier molecular flexibility index (Phi) is 6.95. The summed E-state index contributed by atoms with van der Waals surface area (Å²) in [4.78, 5) is 11.2. The predicted octanol–water partition coefficient (Wildman–Crippen LogP) is 4.47. The van der Waals surface area contributed by atoms with Gasteiger partial charge in [0.15, 0.2) is 0 Å². The largest absolute Gasteiger partial charge is 0.481 e. The summed E-state index contributed by atoms with van der Waals surface area (Å²) < 4.78 is 0. The van der Waals surface area contributed by atoms with Gasteiger partial charge in [-0.15, -0.1) is 0 Å². The Balaban J connectivity index is 1.41. The van der Waals surface area contributed by atoms with Crippen molar-refractivity contribution < 1.29 is 9.90 Å². The van der Waals surface area contributed by atoms with Crippen molar-refractivity contribution in [2.75, 3.05) is 6.54 Å². The summed E-state index contributed by atoms with van der Waals surface area (Å²) in [5.41, 5.74) is 2.17. The van der Waals surface area contributed by atoms with Crippen molar-refractivity contribution in [1.29, 1.82) is 0 Å². The highest BCUT2D eigenvalue weighted by Crippen LogP contribution is 2.40. The van der Waals surface area contributed by atoms with Crippen LogP contribution in [-0.2, 0) is 4.79 Å². The molecule has 2 atom stereocenters. The molecular weight excluding hydrogens is 348 g/mol. The maximum atomic E-state index is 11.2. The Morgan fingerprint density at radius 3 is 2.39 bits per heavy atom. The summed E-state index contributed by atoms with van der Waals surface area (Å²) in [5.74, 6) is -0.0390. The van der Waals surface area contributed by atoms with Gasteiger partial charge in [0.1, 0.15) is 0 Å². The SMILES string of the molecule is CC/C(=C\c1ccccc1)[C@@H]1C[C@H]1N[C@H]1CC[C@@H](NCC(C)(C)C(=O)O)CC1. The summed E-state index contributed by atoms with van der Waals surface area (Å²) in [7, 11) is 0. The Bertz CT molecular complexity index is 675. The number of rotatable bonds is 9. The van der Waals surface area contributed by atoms with Crippen LogP contribution in [0.4, 0.5) is 0 Å². The molecule has 154 valence electrons. The third-order valence-corrected chi connectivity index (χ3v) is 6.42. The summed E-state index contributed by atoms with van der Waals surface area (Å²) in [6, 6.07) is 12.3. The summed E-state index contributed by atoms with van der Waals surface area (Å²) in [5, 5.41) is 16.6. The van der Waals surface area contributed by atoms with Crippen LogP contribution in [0.3, 0.4) is 0 Å². The molecule has 0 unspecified atom stereocenters. The summed E-state index contributed by atoms with van der Waals surface area (Å²) in [6.45, 7) is 6.38. The molecule has 28 heavy (non-hydrogen) atoms. The Morgan fingerprint density at radius 2 is 1.79 bits per heavy atom. The minimum atomic E-state index is -0.731. The van der Waals surface area contributed by atoms with Crippen molar-refractivity contribution >= 4 is 12.0 Å². The molecule has 2 fully saturated rings. The van der Waals surface area contributed by atoms with Crippen LogP contribution in [0.15, 0.2) is 35.9 Å². The lowest BCUT2D eigenvalue weighted by Crippen LogP contribution is -2.45. The molecule has 4 nitrogen and oxygen atoms in total. The second-order valence-corrected chi connectivity index (χ2v) is 9.22. The van der Waals surface area contributed by atoms with Gasteiger partial charge < -0.3 is 15.7 Å². The highest BCUT2D eigenvalue weighted by Gasteiger charge is 2.40. The van der Waals surface area contributed by atoms with Gasteiger partial charge in [0, 0.05) is 24.7 Å². The average Bonchev–Trinajstić information content (AvgIpc) is 3.45. The van der Waals surface area contributed by atoms with Crippen LogP contribution in [0, 0.1) is 11.3 Å². The second-order valence-electron chi connectivity index (χ2n) is 9.22. The molecule has 0 saturated heterocycles. The van der Waals surface area contributed by atoms with E-state index in [1.165, 1.54) is 24.8 Å². The first-order valence-electron chi connectivity index (χ1n) is 10.9. The molecule has 3 N–H and O–H groups in total. The number of carbonyl (C=O) groups is 1. The molecule has 0 spiro atoms. The van der Waals surface area contributed by atoms with Crippen LogP contribution < -0.4 is 10.6 Å². The van der Waals surface area contributed by atoms with Crippen LogP contribution in [-0.4, -0.2) is 35.7 Å². The molecule has 0 radical (unpaired) electrons. The number of carboxylic acid groups (broad SMARTS) is 1. The lowest BCUT2D eigenvalue weighted by molar-refractivity contribution is -0.146. The maximum Gasteiger partial charge on any atom is 0.310 e. The number of hydrogen-bond acceptors (Lipinski definition) is 3. The first-order chi connectivity index (χ1) is 13.4. The average molecular weight is 385 g/mol. The van der Waals surface area contributed by atoms with E-state index in [4.69, 9.17) is 0 Å². The van der Waals surface area contributed by atoms with E-state index in [0.29, 0.717) is 30.6 Å². The first-order valence-corrected chi connectivity index (χ1v) is 10.9. The van der Waals surface area contributed by atoms with Crippen LogP contribution in [0.1, 0.15) is 64.9 Å². The van der Waals surface area contributed by atoms with Crippen LogP contribution in [0.5, 0.6) is 0 Å². The van der Waals surface area contributed by atoms with E-state index in [0.717, 1.165) is 19.3 Å². The third-order valence-electron chi connectivity index (χ3n) is 6.42. The second kappa shape index (κ2) is 9.23. The quantitative estimate of drug-likeness (QED) is 0.588. The van der Waals surface area contributed by atoms with Gasteiger partial charge in [0.05, 0.1) is 5.41 Å². The molecule has 2 aliphatic carbocycles. The number of carboxylic acids is 1. The van der Waals surface area contributed by atoms with E-state index in [1.807, 2.05) is 0 Å². The Labute approximate surface area is 169 Å². The monoisotopic (exact) mass is 384 g/mol. The topological polar surface area (TPSA) is 61.4 Å². The van der Waals surface area contributed by atoms with Gasteiger partial charge >= 0.3 is 5.97 Å². The molecule has 0 aromatic heterocycles. The molecule has 0 aliphatic heterocycles. The standard InChI is InChI=1S/C24H36N2O2/c1-4-18(14-17-8-6-5-7-9-17)21-15-22(21)26-20-12-10-19(11-13-20)25-16-24(2,3)23(27)28/h5-9,14,19-22,25-26H,4,10-13,15-16H2,1-3H3,(H,27,28)/b18-14+/t19-,20+,21-,22+/m0/s1. The van der Waals surface area contributed by atoms with Crippen molar-refractivity contribution in [1.82, 2.24) is 10.6 Å². The lowest BCUT2D eigenvalue weighted by atomic mass is 9.88. The molecule has 0 amide bonds. The van der Waals surface area contributed by atoms with E-state index in [9.17, 15) is 9.90 Å². The number of nitrogens with one attached hydrogen (secondary N) is 2. The fourth-order valence-corrected chi connectivity index (χ4v) is 4.27. The first kappa shape index (κ1) is 21.1. The van der Waals surface area contributed by atoms with Crippen molar-refractivity contribution in [2.45, 2.75) is 77.4 Å². The highest BCUT2D eigenvalue weighted by molar-refractivity contribution is 5.73. The molecule has 0 heterocycles. The molecule has 2 saturated carbocycles. The fraction of sp³-hybridized carbons (Fsp3) is 0.625.